The zero-order valence-electron chi connectivity index (χ0n) is 16.4. The minimum absolute atomic E-state index is 0.138. The Kier molecular flexibility index (Phi) is 4.35. The van der Waals surface area contributed by atoms with Crippen LogP contribution in [0.15, 0.2) is 65.8 Å². The van der Waals surface area contributed by atoms with Gasteiger partial charge in [0.25, 0.3) is 11.8 Å². The first-order valence-electron chi connectivity index (χ1n) is 10.0. The average molecular weight is 400 g/mol. The predicted octanol–water partition coefficient (Wildman–Crippen LogP) is 3.36. The van der Waals surface area contributed by atoms with Gasteiger partial charge in [-0.1, -0.05) is 42.0 Å². The van der Waals surface area contributed by atoms with Crippen LogP contribution < -0.4 is 4.74 Å². The first kappa shape index (κ1) is 18.5. The van der Waals surface area contributed by atoms with E-state index in [1.807, 2.05) is 31.2 Å². The molecule has 1 heterocycles. The maximum absolute atomic E-state index is 12.8. The monoisotopic (exact) mass is 400 g/mol. The highest BCUT2D eigenvalue weighted by molar-refractivity contribution is 6.07. The van der Waals surface area contributed by atoms with Gasteiger partial charge in [-0.05, 0) is 49.4 Å². The summed E-state index contributed by atoms with van der Waals surface area (Å²) in [6.07, 6.45) is 6.38. The molecule has 2 fully saturated rings. The molecular formula is C24H20N2O4. The second-order valence-electron chi connectivity index (χ2n) is 8.03. The van der Waals surface area contributed by atoms with Gasteiger partial charge in [-0.3, -0.25) is 9.59 Å². The minimum Gasteiger partial charge on any atom is -0.422 e. The number of esters is 1. The number of imide groups is 1. The van der Waals surface area contributed by atoms with Crippen LogP contribution in [0.2, 0.25) is 0 Å². The highest BCUT2D eigenvalue weighted by atomic mass is 16.5. The molecule has 0 N–H and O–H groups in total. The van der Waals surface area contributed by atoms with E-state index in [1.54, 1.807) is 36.4 Å². The van der Waals surface area contributed by atoms with E-state index in [-0.39, 0.29) is 35.5 Å². The van der Waals surface area contributed by atoms with Gasteiger partial charge in [0.05, 0.1) is 23.6 Å². The van der Waals surface area contributed by atoms with Crippen molar-refractivity contribution in [3.05, 3.63) is 77.4 Å². The van der Waals surface area contributed by atoms with Crippen LogP contribution in [0.4, 0.5) is 0 Å². The Labute approximate surface area is 173 Å². The van der Waals surface area contributed by atoms with Crippen LogP contribution in [0.5, 0.6) is 5.75 Å². The fourth-order valence-corrected chi connectivity index (χ4v) is 4.65. The Balaban J connectivity index is 1.35. The summed E-state index contributed by atoms with van der Waals surface area (Å²) in [5.74, 6) is -0.967. The van der Waals surface area contributed by atoms with Crippen molar-refractivity contribution in [1.82, 2.24) is 5.01 Å². The Hall–Kier alpha value is -3.54. The fourth-order valence-electron chi connectivity index (χ4n) is 4.65. The first-order valence-corrected chi connectivity index (χ1v) is 10.0. The van der Waals surface area contributed by atoms with Gasteiger partial charge in [0.2, 0.25) is 0 Å². The number of aryl methyl sites for hydroxylation is 1. The number of ether oxygens (including phenoxy) is 1. The van der Waals surface area contributed by atoms with E-state index >= 15 is 0 Å². The highest BCUT2D eigenvalue weighted by Gasteiger charge is 2.59. The molecule has 30 heavy (non-hydrogen) atoms. The first-order chi connectivity index (χ1) is 14.5. The Bertz CT molecular complexity index is 1070. The number of nitrogens with zero attached hydrogens (tertiary/aromatic N) is 2. The number of fused-ring (bicyclic) bond motifs is 5. The molecule has 150 valence electrons. The largest absolute Gasteiger partial charge is 0.422 e. The zero-order valence-corrected chi connectivity index (χ0v) is 16.4. The SMILES string of the molecule is Cc1ccc(C(=O)Oc2ccccc2C=NN2C(=O)C3C4C=CC(C4)C3C2=O)cc1. The maximum atomic E-state index is 12.8. The molecule has 2 aliphatic carbocycles. The van der Waals surface area contributed by atoms with Gasteiger partial charge in [-0.15, -0.1) is 0 Å². The number of rotatable bonds is 4. The molecule has 0 radical (unpaired) electrons. The Morgan fingerprint density at radius 3 is 2.30 bits per heavy atom. The second kappa shape index (κ2) is 7.06. The lowest BCUT2D eigenvalue weighted by Gasteiger charge is -2.13. The summed E-state index contributed by atoms with van der Waals surface area (Å²) < 4.78 is 5.53. The number of amides is 2. The van der Waals surface area contributed by atoms with Crippen molar-refractivity contribution in [3.63, 3.8) is 0 Å². The normalized spacial score (nSPS) is 26.6. The molecule has 5 rings (SSSR count). The van der Waals surface area contributed by atoms with E-state index in [9.17, 15) is 14.4 Å². The van der Waals surface area contributed by atoms with Crippen molar-refractivity contribution in [2.24, 2.45) is 28.8 Å². The van der Waals surface area contributed by atoms with Crippen molar-refractivity contribution < 1.29 is 19.1 Å². The van der Waals surface area contributed by atoms with Crippen LogP contribution in [-0.4, -0.2) is 29.0 Å². The number of benzene rings is 2. The molecule has 2 aromatic carbocycles. The summed E-state index contributed by atoms with van der Waals surface area (Å²) in [5.41, 5.74) is 2.00. The molecule has 4 unspecified atom stereocenters. The molecule has 2 amide bonds. The van der Waals surface area contributed by atoms with E-state index in [2.05, 4.69) is 5.10 Å². The number of hydrogen-bond donors (Lipinski definition) is 0. The summed E-state index contributed by atoms with van der Waals surface area (Å²) in [6, 6.07) is 14.0. The van der Waals surface area contributed by atoms with Gasteiger partial charge < -0.3 is 4.74 Å². The van der Waals surface area contributed by atoms with Crippen LogP contribution in [-0.2, 0) is 9.59 Å². The smallest absolute Gasteiger partial charge is 0.343 e. The molecule has 1 saturated heterocycles. The highest BCUT2D eigenvalue weighted by Crippen LogP contribution is 2.52. The lowest BCUT2D eigenvalue weighted by Crippen LogP contribution is -2.28. The van der Waals surface area contributed by atoms with Crippen LogP contribution in [0.25, 0.3) is 0 Å². The van der Waals surface area contributed by atoms with Crippen molar-refractivity contribution in [2.75, 3.05) is 0 Å². The molecule has 1 saturated carbocycles. The van der Waals surface area contributed by atoms with Gasteiger partial charge in [0.15, 0.2) is 0 Å². The van der Waals surface area contributed by atoms with Crippen molar-refractivity contribution in [3.8, 4) is 5.75 Å². The molecular weight excluding hydrogens is 380 g/mol. The van der Waals surface area contributed by atoms with E-state index in [1.165, 1.54) is 6.21 Å². The van der Waals surface area contributed by atoms with Gasteiger partial charge in [-0.2, -0.15) is 10.1 Å². The van der Waals surface area contributed by atoms with E-state index < -0.39 is 5.97 Å². The van der Waals surface area contributed by atoms with Crippen molar-refractivity contribution in [1.29, 1.82) is 0 Å². The van der Waals surface area contributed by atoms with Crippen LogP contribution in [0, 0.1) is 30.6 Å². The van der Waals surface area contributed by atoms with Crippen LogP contribution in [0.1, 0.15) is 27.9 Å². The summed E-state index contributed by atoms with van der Waals surface area (Å²) in [4.78, 5) is 38.0. The van der Waals surface area contributed by atoms with Gasteiger partial charge in [0, 0.05) is 5.56 Å². The van der Waals surface area contributed by atoms with Gasteiger partial charge >= 0.3 is 5.97 Å². The minimum atomic E-state index is -0.485. The number of hydrazone groups is 1. The molecule has 2 bridgehead atoms. The van der Waals surface area contributed by atoms with Crippen LogP contribution >= 0.6 is 0 Å². The van der Waals surface area contributed by atoms with Crippen LogP contribution in [0.3, 0.4) is 0 Å². The maximum Gasteiger partial charge on any atom is 0.343 e. The molecule has 6 heteroatoms. The molecule has 3 aliphatic rings. The predicted molar refractivity (Wildman–Crippen MR) is 110 cm³/mol. The number of hydrogen-bond acceptors (Lipinski definition) is 5. The Morgan fingerprint density at radius 1 is 1.00 bits per heavy atom. The molecule has 0 spiro atoms. The third kappa shape index (κ3) is 2.96. The quantitative estimate of drug-likeness (QED) is 0.259. The average Bonchev–Trinajstić information content (AvgIpc) is 3.42. The lowest BCUT2D eigenvalue weighted by molar-refractivity contribution is -0.140. The second-order valence-corrected chi connectivity index (χ2v) is 8.03. The molecule has 0 aromatic heterocycles. The fraction of sp³-hybridized carbons (Fsp3) is 0.250. The number of carbonyl (C=O) groups is 3. The van der Waals surface area contributed by atoms with Gasteiger partial charge in [-0.25, -0.2) is 4.79 Å². The van der Waals surface area contributed by atoms with Crippen molar-refractivity contribution >= 4 is 24.0 Å². The van der Waals surface area contributed by atoms with E-state index in [0.717, 1.165) is 17.0 Å². The summed E-state index contributed by atoms with van der Waals surface area (Å²) in [7, 11) is 0. The molecule has 4 atom stereocenters. The number of allylic oxidation sites excluding steroid dienone is 2. The zero-order chi connectivity index (χ0) is 20.8. The number of para-hydroxylation sites is 1. The van der Waals surface area contributed by atoms with Gasteiger partial charge in [0.1, 0.15) is 5.75 Å². The molecule has 6 nitrogen and oxygen atoms in total. The van der Waals surface area contributed by atoms with E-state index in [0.29, 0.717) is 16.9 Å². The summed E-state index contributed by atoms with van der Waals surface area (Å²) in [6.45, 7) is 1.94. The number of carbonyl (C=O) groups excluding carboxylic acids is 3. The van der Waals surface area contributed by atoms with Crippen molar-refractivity contribution in [2.45, 2.75) is 13.3 Å². The summed E-state index contributed by atoms with van der Waals surface area (Å²) >= 11 is 0. The van der Waals surface area contributed by atoms with E-state index in [4.69, 9.17) is 4.74 Å². The standard InChI is InChI=1S/C24H20N2O4/c1-14-6-8-15(9-7-14)24(29)30-19-5-3-2-4-18(19)13-25-26-22(27)20-16-10-11-17(12-16)21(20)23(26)28/h2-11,13,16-17,20-21H,12H2,1H3. The molecule has 2 aromatic rings. The molecule has 1 aliphatic heterocycles. The Morgan fingerprint density at radius 2 is 1.63 bits per heavy atom. The topological polar surface area (TPSA) is 76.0 Å². The third-order valence-corrected chi connectivity index (χ3v) is 6.17. The third-order valence-electron chi connectivity index (χ3n) is 6.17. The lowest BCUT2D eigenvalue weighted by atomic mass is 9.85. The summed E-state index contributed by atoms with van der Waals surface area (Å²) in [5, 5.41) is 5.16.